The standard InChI is InChI=1S/C18H31NO2/c1-5-7-8-9-10-18(19-11-6-2)15-12-16(20-3)14-17(13-15)21-4/h12-14,18-19H,5-11H2,1-4H3. The lowest BCUT2D eigenvalue weighted by atomic mass is 9.99. The Kier molecular flexibility index (Phi) is 8.91. The summed E-state index contributed by atoms with van der Waals surface area (Å²) in [7, 11) is 3.41. The highest BCUT2D eigenvalue weighted by Crippen LogP contribution is 2.29. The second-order valence-corrected chi connectivity index (χ2v) is 5.50. The van der Waals surface area contributed by atoms with Crippen molar-refractivity contribution in [1.82, 2.24) is 5.32 Å². The van der Waals surface area contributed by atoms with E-state index in [1.807, 2.05) is 6.07 Å². The predicted octanol–water partition coefficient (Wildman–Crippen LogP) is 4.71. The van der Waals surface area contributed by atoms with E-state index in [0.717, 1.165) is 30.9 Å². The zero-order chi connectivity index (χ0) is 15.5. The largest absolute Gasteiger partial charge is 0.497 e. The summed E-state index contributed by atoms with van der Waals surface area (Å²) >= 11 is 0. The van der Waals surface area contributed by atoms with E-state index >= 15 is 0 Å². The van der Waals surface area contributed by atoms with Gasteiger partial charge in [0.1, 0.15) is 11.5 Å². The van der Waals surface area contributed by atoms with Crippen LogP contribution in [-0.4, -0.2) is 20.8 Å². The number of hydrogen-bond donors (Lipinski definition) is 1. The molecule has 0 aliphatic rings. The van der Waals surface area contributed by atoms with Gasteiger partial charge in [0.05, 0.1) is 14.2 Å². The normalized spacial score (nSPS) is 12.2. The van der Waals surface area contributed by atoms with Crippen LogP contribution in [0, 0.1) is 0 Å². The number of nitrogens with one attached hydrogen (secondary N) is 1. The second-order valence-electron chi connectivity index (χ2n) is 5.50. The van der Waals surface area contributed by atoms with Gasteiger partial charge in [0.2, 0.25) is 0 Å². The molecule has 0 aliphatic carbocycles. The third-order valence-electron chi connectivity index (χ3n) is 3.76. The van der Waals surface area contributed by atoms with E-state index in [0.29, 0.717) is 6.04 Å². The predicted molar refractivity (Wildman–Crippen MR) is 89.3 cm³/mol. The first kappa shape index (κ1) is 17.8. The molecule has 1 aromatic carbocycles. The molecule has 1 atom stereocenters. The highest BCUT2D eigenvalue weighted by molar-refractivity contribution is 5.39. The van der Waals surface area contributed by atoms with Gasteiger partial charge >= 0.3 is 0 Å². The lowest BCUT2D eigenvalue weighted by Gasteiger charge is -2.20. The van der Waals surface area contributed by atoms with Gasteiger partial charge in [0.15, 0.2) is 0 Å². The zero-order valence-electron chi connectivity index (χ0n) is 14.1. The summed E-state index contributed by atoms with van der Waals surface area (Å²) in [5.41, 5.74) is 1.26. The molecule has 0 bridgehead atoms. The van der Waals surface area contributed by atoms with Gasteiger partial charge in [-0.25, -0.2) is 0 Å². The molecule has 1 aromatic rings. The van der Waals surface area contributed by atoms with Crippen LogP contribution in [0.5, 0.6) is 11.5 Å². The fourth-order valence-electron chi connectivity index (χ4n) is 2.51. The van der Waals surface area contributed by atoms with E-state index < -0.39 is 0 Å². The van der Waals surface area contributed by atoms with Gasteiger partial charge in [-0.3, -0.25) is 0 Å². The van der Waals surface area contributed by atoms with Crippen LogP contribution in [0.25, 0.3) is 0 Å². The van der Waals surface area contributed by atoms with E-state index in [9.17, 15) is 0 Å². The molecule has 0 saturated carbocycles. The van der Waals surface area contributed by atoms with E-state index in [-0.39, 0.29) is 0 Å². The Morgan fingerprint density at radius 2 is 1.57 bits per heavy atom. The second kappa shape index (κ2) is 10.5. The van der Waals surface area contributed by atoms with Crippen molar-refractivity contribution in [3.63, 3.8) is 0 Å². The quantitative estimate of drug-likeness (QED) is 0.599. The van der Waals surface area contributed by atoms with E-state index in [1.165, 1.54) is 31.2 Å². The van der Waals surface area contributed by atoms with Crippen molar-refractivity contribution in [2.24, 2.45) is 0 Å². The van der Waals surface area contributed by atoms with Crippen molar-refractivity contribution in [1.29, 1.82) is 0 Å². The van der Waals surface area contributed by atoms with Crippen LogP contribution in [0.15, 0.2) is 18.2 Å². The zero-order valence-corrected chi connectivity index (χ0v) is 14.1. The average Bonchev–Trinajstić information content (AvgIpc) is 2.53. The van der Waals surface area contributed by atoms with Gasteiger partial charge in [-0.15, -0.1) is 0 Å². The summed E-state index contributed by atoms with van der Waals surface area (Å²) in [6, 6.07) is 6.55. The maximum atomic E-state index is 5.39. The first-order valence-corrected chi connectivity index (χ1v) is 8.21. The maximum absolute atomic E-state index is 5.39. The summed E-state index contributed by atoms with van der Waals surface area (Å²) in [6.45, 7) is 5.49. The number of unbranched alkanes of at least 4 members (excludes halogenated alkanes) is 3. The SMILES string of the molecule is CCCCCCC(NCCC)c1cc(OC)cc(OC)c1. The molecule has 0 fully saturated rings. The molecular weight excluding hydrogens is 262 g/mol. The minimum Gasteiger partial charge on any atom is -0.497 e. The monoisotopic (exact) mass is 293 g/mol. The van der Waals surface area contributed by atoms with Crippen molar-refractivity contribution in [3.8, 4) is 11.5 Å². The van der Waals surface area contributed by atoms with Crippen LogP contribution >= 0.6 is 0 Å². The third kappa shape index (κ3) is 6.38. The summed E-state index contributed by atoms with van der Waals surface area (Å²) in [5.74, 6) is 1.72. The van der Waals surface area contributed by atoms with Crippen molar-refractivity contribution in [3.05, 3.63) is 23.8 Å². The molecule has 0 radical (unpaired) electrons. The van der Waals surface area contributed by atoms with Gasteiger partial charge in [0.25, 0.3) is 0 Å². The molecule has 1 N–H and O–H groups in total. The molecule has 0 heterocycles. The Hall–Kier alpha value is -1.22. The van der Waals surface area contributed by atoms with Crippen LogP contribution in [0.1, 0.15) is 64.0 Å². The Balaban J connectivity index is 2.79. The summed E-state index contributed by atoms with van der Waals surface area (Å²) in [5, 5.41) is 3.65. The Labute approximate surface area is 130 Å². The van der Waals surface area contributed by atoms with Crippen molar-refractivity contribution >= 4 is 0 Å². The van der Waals surface area contributed by atoms with Crippen molar-refractivity contribution in [2.75, 3.05) is 20.8 Å². The van der Waals surface area contributed by atoms with Crippen LogP contribution in [0.4, 0.5) is 0 Å². The highest BCUT2D eigenvalue weighted by atomic mass is 16.5. The first-order chi connectivity index (χ1) is 10.2. The molecule has 120 valence electrons. The van der Waals surface area contributed by atoms with E-state index in [2.05, 4.69) is 31.3 Å². The summed E-state index contributed by atoms with van der Waals surface area (Å²) < 4.78 is 10.8. The average molecular weight is 293 g/mol. The van der Waals surface area contributed by atoms with Crippen molar-refractivity contribution < 1.29 is 9.47 Å². The topological polar surface area (TPSA) is 30.5 Å². The molecule has 3 heteroatoms. The molecule has 21 heavy (non-hydrogen) atoms. The van der Waals surface area contributed by atoms with E-state index in [4.69, 9.17) is 9.47 Å². The fourth-order valence-corrected chi connectivity index (χ4v) is 2.51. The highest BCUT2D eigenvalue weighted by Gasteiger charge is 2.13. The Morgan fingerprint density at radius 1 is 0.905 bits per heavy atom. The van der Waals surface area contributed by atoms with Gasteiger partial charge in [-0.1, -0.05) is 39.5 Å². The van der Waals surface area contributed by atoms with Gasteiger partial charge in [0, 0.05) is 12.1 Å². The number of methoxy groups -OCH3 is 2. The van der Waals surface area contributed by atoms with Crippen molar-refractivity contribution in [2.45, 2.75) is 58.4 Å². The third-order valence-corrected chi connectivity index (χ3v) is 3.76. The van der Waals surface area contributed by atoms with E-state index in [1.54, 1.807) is 14.2 Å². The lowest BCUT2D eigenvalue weighted by Crippen LogP contribution is -2.22. The number of benzene rings is 1. The van der Waals surface area contributed by atoms with Crippen LogP contribution in [0.3, 0.4) is 0 Å². The number of hydrogen-bond acceptors (Lipinski definition) is 3. The fraction of sp³-hybridized carbons (Fsp3) is 0.667. The molecule has 0 amide bonds. The smallest absolute Gasteiger partial charge is 0.122 e. The summed E-state index contributed by atoms with van der Waals surface area (Å²) in [4.78, 5) is 0. The number of rotatable bonds is 11. The van der Waals surface area contributed by atoms with Crippen LogP contribution in [-0.2, 0) is 0 Å². The first-order valence-electron chi connectivity index (χ1n) is 8.21. The Morgan fingerprint density at radius 3 is 2.10 bits per heavy atom. The summed E-state index contributed by atoms with van der Waals surface area (Å²) in [6.07, 6.45) is 7.47. The van der Waals surface area contributed by atoms with Gasteiger partial charge in [-0.05, 0) is 37.1 Å². The minimum atomic E-state index is 0.380. The molecule has 1 unspecified atom stereocenters. The molecule has 3 nitrogen and oxygen atoms in total. The van der Waals surface area contributed by atoms with Crippen LogP contribution < -0.4 is 14.8 Å². The lowest BCUT2D eigenvalue weighted by molar-refractivity contribution is 0.389. The molecular formula is C18H31NO2. The van der Waals surface area contributed by atoms with Crippen LogP contribution in [0.2, 0.25) is 0 Å². The van der Waals surface area contributed by atoms with Gasteiger partial charge in [-0.2, -0.15) is 0 Å². The molecule has 1 rings (SSSR count). The minimum absolute atomic E-state index is 0.380. The molecule has 0 aliphatic heterocycles. The Bertz CT molecular complexity index is 371. The molecule has 0 saturated heterocycles. The molecule has 0 spiro atoms. The maximum Gasteiger partial charge on any atom is 0.122 e. The molecule has 0 aromatic heterocycles. The number of ether oxygens (including phenoxy) is 2. The van der Waals surface area contributed by atoms with Gasteiger partial charge < -0.3 is 14.8 Å².